The van der Waals surface area contributed by atoms with Gasteiger partial charge in [0.2, 0.25) is 17.7 Å². The van der Waals surface area contributed by atoms with E-state index in [1.165, 1.54) is 19.1 Å². The van der Waals surface area contributed by atoms with Crippen LogP contribution in [0.5, 0.6) is 0 Å². The maximum absolute atomic E-state index is 13.2. The van der Waals surface area contributed by atoms with E-state index in [1.807, 2.05) is 12.1 Å². The number of hydrogen-bond donors (Lipinski definition) is 2. The lowest BCUT2D eigenvalue weighted by Crippen LogP contribution is -2.52. The summed E-state index contributed by atoms with van der Waals surface area (Å²) in [5.74, 6) is -0.394. The van der Waals surface area contributed by atoms with Crippen molar-refractivity contribution in [3.05, 3.63) is 30.1 Å². The van der Waals surface area contributed by atoms with Crippen LogP contribution in [0.25, 0.3) is 0 Å². The molecule has 3 atom stereocenters. The van der Waals surface area contributed by atoms with E-state index in [0.717, 1.165) is 44.7 Å². The Kier molecular flexibility index (Phi) is 7.64. The van der Waals surface area contributed by atoms with Crippen LogP contribution in [-0.2, 0) is 14.4 Å². The summed E-state index contributed by atoms with van der Waals surface area (Å²) in [6, 6.07) is 6.68. The molecular weight excluding hydrogens is 449 g/mol. The molecule has 4 rings (SSSR count). The number of anilines is 1. The van der Waals surface area contributed by atoms with Crippen LogP contribution in [0.2, 0.25) is 0 Å². The van der Waals surface area contributed by atoms with E-state index in [2.05, 4.69) is 27.4 Å². The maximum atomic E-state index is 13.2. The highest BCUT2D eigenvalue weighted by Crippen LogP contribution is 2.41. The highest BCUT2D eigenvalue weighted by Gasteiger charge is 2.48. The second kappa shape index (κ2) is 10.5. The number of amides is 3. The molecule has 3 heterocycles. The summed E-state index contributed by atoms with van der Waals surface area (Å²) < 4.78 is 13.2. The van der Waals surface area contributed by atoms with Crippen LogP contribution >= 0.6 is 0 Å². The summed E-state index contributed by atoms with van der Waals surface area (Å²) in [5, 5.41) is 5.88. The summed E-state index contributed by atoms with van der Waals surface area (Å²) in [7, 11) is 0. The number of benzene rings is 1. The maximum Gasteiger partial charge on any atom is 0.244 e. The van der Waals surface area contributed by atoms with Crippen molar-refractivity contribution in [1.82, 2.24) is 20.4 Å². The fraction of sp³-hybridized carbons (Fsp3) is 0.654. The first-order valence-corrected chi connectivity index (χ1v) is 12.8. The molecule has 9 heteroatoms. The van der Waals surface area contributed by atoms with Gasteiger partial charge in [0.25, 0.3) is 0 Å². The van der Waals surface area contributed by atoms with Crippen molar-refractivity contribution in [3.63, 3.8) is 0 Å². The number of rotatable bonds is 6. The van der Waals surface area contributed by atoms with Crippen molar-refractivity contribution >= 4 is 23.4 Å². The second-order valence-corrected chi connectivity index (χ2v) is 10.5. The number of piperazine rings is 1. The molecule has 0 aromatic heterocycles. The van der Waals surface area contributed by atoms with Crippen LogP contribution in [0, 0.1) is 11.2 Å². The molecule has 3 aliphatic rings. The molecule has 0 radical (unpaired) electrons. The van der Waals surface area contributed by atoms with Crippen LogP contribution in [0.15, 0.2) is 24.3 Å². The lowest BCUT2D eigenvalue weighted by molar-refractivity contribution is -0.140. The first kappa shape index (κ1) is 25.4. The number of hydrogen-bond acceptors (Lipinski definition) is 5. The highest BCUT2D eigenvalue weighted by atomic mass is 19.1. The summed E-state index contributed by atoms with van der Waals surface area (Å²) in [4.78, 5) is 43.3. The van der Waals surface area contributed by atoms with Crippen LogP contribution in [0.3, 0.4) is 0 Å². The van der Waals surface area contributed by atoms with Crippen LogP contribution in [-0.4, -0.2) is 84.9 Å². The Morgan fingerprint density at radius 3 is 2.49 bits per heavy atom. The average Bonchev–Trinajstić information content (AvgIpc) is 3.12. The van der Waals surface area contributed by atoms with E-state index >= 15 is 0 Å². The van der Waals surface area contributed by atoms with Gasteiger partial charge in [0, 0.05) is 64.0 Å². The molecule has 1 spiro atoms. The normalized spacial score (nSPS) is 25.4. The van der Waals surface area contributed by atoms with Gasteiger partial charge in [0.15, 0.2) is 0 Å². The van der Waals surface area contributed by atoms with Crippen LogP contribution < -0.4 is 15.5 Å². The molecule has 0 aliphatic carbocycles. The molecule has 3 fully saturated rings. The molecule has 3 aliphatic heterocycles. The lowest BCUT2D eigenvalue weighted by atomic mass is 9.75. The number of nitrogens with zero attached hydrogens (tertiary/aromatic N) is 3. The molecular formula is C26H38FN5O3. The van der Waals surface area contributed by atoms with Gasteiger partial charge >= 0.3 is 0 Å². The van der Waals surface area contributed by atoms with Gasteiger partial charge in [-0.05, 0) is 63.8 Å². The molecule has 3 unspecified atom stereocenters. The van der Waals surface area contributed by atoms with Crippen molar-refractivity contribution in [2.24, 2.45) is 5.41 Å². The third kappa shape index (κ3) is 5.77. The Bertz CT molecular complexity index is 931. The fourth-order valence-corrected chi connectivity index (χ4v) is 5.89. The van der Waals surface area contributed by atoms with Crippen molar-refractivity contribution in [1.29, 1.82) is 0 Å². The topological polar surface area (TPSA) is 85.0 Å². The SMILES string of the molecule is CC(=O)NC(C)C(=O)N1CCC2(CC1)CC(CCN1CCN(c3ccc(F)cc3)CC1C)NC2=O. The lowest BCUT2D eigenvalue weighted by Gasteiger charge is -2.41. The number of carbonyl (C=O) groups is 3. The number of nitrogens with one attached hydrogen (secondary N) is 2. The smallest absolute Gasteiger partial charge is 0.244 e. The minimum Gasteiger partial charge on any atom is -0.369 e. The zero-order chi connectivity index (χ0) is 25.2. The van der Waals surface area contributed by atoms with Crippen molar-refractivity contribution in [2.45, 2.75) is 64.6 Å². The van der Waals surface area contributed by atoms with Crippen molar-refractivity contribution < 1.29 is 18.8 Å². The molecule has 0 saturated carbocycles. The predicted octanol–water partition coefficient (Wildman–Crippen LogP) is 1.75. The molecule has 3 amide bonds. The summed E-state index contributed by atoms with van der Waals surface area (Å²) in [6.45, 7) is 10.1. The third-order valence-electron chi connectivity index (χ3n) is 8.00. The van der Waals surface area contributed by atoms with Crippen molar-refractivity contribution in [3.8, 4) is 0 Å². The quantitative estimate of drug-likeness (QED) is 0.639. The molecule has 2 N–H and O–H groups in total. The van der Waals surface area contributed by atoms with E-state index in [4.69, 9.17) is 0 Å². The first-order valence-electron chi connectivity index (χ1n) is 12.8. The predicted molar refractivity (Wildman–Crippen MR) is 132 cm³/mol. The van der Waals surface area contributed by atoms with E-state index in [-0.39, 0.29) is 35.0 Å². The third-order valence-corrected chi connectivity index (χ3v) is 8.00. The molecule has 1 aromatic rings. The van der Waals surface area contributed by atoms with E-state index in [9.17, 15) is 18.8 Å². The average molecular weight is 488 g/mol. The molecule has 0 bridgehead atoms. The Balaban J connectivity index is 1.24. The number of likely N-dealkylation sites (tertiary alicyclic amines) is 1. The van der Waals surface area contributed by atoms with Gasteiger partial charge in [-0.15, -0.1) is 0 Å². The standard InChI is InChI=1S/C26H38FN5O3/c1-18-17-32(23-6-4-21(27)5-7-23)15-14-30(18)11-8-22-16-26(25(35)29-22)9-12-31(13-10-26)24(34)19(2)28-20(3)33/h4-7,18-19,22H,8-17H2,1-3H3,(H,28,33)(H,29,35). The monoisotopic (exact) mass is 487 g/mol. The number of carbonyl (C=O) groups excluding carboxylic acids is 3. The zero-order valence-corrected chi connectivity index (χ0v) is 21.1. The molecule has 1 aromatic carbocycles. The van der Waals surface area contributed by atoms with E-state index in [1.54, 1.807) is 11.8 Å². The van der Waals surface area contributed by atoms with Crippen LogP contribution in [0.1, 0.15) is 46.5 Å². The number of halogens is 1. The minimum absolute atomic E-state index is 0.0845. The van der Waals surface area contributed by atoms with Gasteiger partial charge in [-0.3, -0.25) is 19.3 Å². The number of piperidine rings is 1. The second-order valence-electron chi connectivity index (χ2n) is 10.5. The molecule has 35 heavy (non-hydrogen) atoms. The van der Waals surface area contributed by atoms with Gasteiger partial charge in [-0.25, -0.2) is 4.39 Å². The molecule has 192 valence electrons. The largest absolute Gasteiger partial charge is 0.369 e. The summed E-state index contributed by atoms with van der Waals surface area (Å²) in [6.07, 6.45) is 3.07. The Morgan fingerprint density at radius 1 is 1.17 bits per heavy atom. The van der Waals surface area contributed by atoms with Gasteiger partial charge in [0.05, 0.1) is 5.41 Å². The molecule has 3 saturated heterocycles. The van der Waals surface area contributed by atoms with E-state index in [0.29, 0.717) is 32.0 Å². The Labute approximate surface area is 207 Å². The van der Waals surface area contributed by atoms with Gasteiger partial charge < -0.3 is 20.4 Å². The van der Waals surface area contributed by atoms with Crippen LogP contribution in [0.4, 0.5) is 10.1 Å². The first-order chi connectivity index (χ1) is 16.7. The Hall–Kier alpha value is -2.68. The molecule has 8 nitrogen and oxygen atoms in total. The summed E-state index contributed by atoms with van der Waals surface area (Å²) in [5.41, 5.74) is 0.671. The Morgan fingerprint density at radius 2 is 1.86 bits per heavy atom. The van der Waals surface area contributed by atoms with Gasteiger partial charge in [0.1, 0.15) is 11.9 Å². The fourth-order valence-electron chi connectivity index (χ4n) is 5.89. The van der Waals surface area contributed by atoms with E-state index < -0.39 is 6.04 Å². The summed E-state index contributed by atoms with van der Waals surface area (Å²) >= 11 is 0. The van der Waals surface area contributed by atoms with Gasteiger partial charge in [-0.1, -0.05) is 0 Å². The van der Waals surface area contributed by atoms with Gasteiger partial charge in [-0.2, -0.15) is 0 Å². The minimum atomic E-state index is -0.544. The van der Waals surface area contributed by atoms with Crippen molar-refractivity contribution in [2.75, 3.05) is 44.2 Å². The highest BCUT2D eigenvalue weighted by molar-refractivity contribution is 5.88. The zero-order valence-electron chi connectivity index (χ0n) is 21.1.